The second-order valence-electron chi connectivity index (χ2n) is 3.67. The van der Waals surface area contributed by atoms with Crippen molar-refractivity contribution >= 4 is 27.6 Å². The number of primary sulfonamides is 1. The molecule has 0 fully saturated rings. The van der Waals surface area contributed by atoms with Crippen LogP contribution in [0, 0.1) is 0 Å². The molecule has 0 saturated heterocycles. The van der Waals surface area contributed by atoms with E-state index in [0.29, 0.717) is 13.0 Å². The predicted molar refractivity (Wildman–Crippen MR) is 69.6 cm³/mol. The number of methoxy groups -OCH3 is 1. The number of carbonyl (C=O) groups is 1. The molecule has 0 heterocycles. The van der Waals surface area contributed by atoms with Crippen molar-refractivity contribution in [3.63, 3.8) is 0 Å². The number of rotatable bonds is 6. The maximum absolute atomic E-state index is 11.7. The summed E-state index contributed by atoms with van der Waals surface area (Å²) in [6, 6.07) is 3.75. The normalized spacial score (nSPS) is 11.3. The summed E-state index contributed by atoms with van der Waals surface area (Å²) in [6.07, 6.45) is 0.553. The Morgan fingerprint density at radius 2 is 2.05 bits per heavy atom. The van der Waals surface area contributed by atoms with Gasteiger partial charge in [-0.2, -0.15) is 0 Å². The molecule has 0 unspecified atom stereocenters. The highest BCUT2D eigenvalue weighted by Gasteiger charge is 2.16. The lowest BCUT2D eigenvalue weighted by Gasteiger charge is -2.07. The lowest BCUT2D eigenvalue weighted by atomic mass is 10.2. The zero-order chi connectivity index (χ0) is 14.5. The molecule has 6 nitrogen and oxygen atoms in total. The fourth-order valence-corrected chi connectivity index (χ4v) is 2.37. The minimum absolute atomic E-state index is 0.0431. The SMILES string of the molecule is COCCCOC(=O)c1ccc(Cl)c(S(N)(=O)=O)c1. The third-order valence-electron chi connectivity index (χ3n) is 2.20. The standard InChI is InChI=1S/C11H14ClNO5S/c1-17-5-2-6-18-11(14)8-3-4-9(12)10(7-8)19(13,15)16/h3-4,7H,2,5-6H2,1H3,(H2,13,15,16). The Bertz CT molecular complexity index is 558. The van der Waals surface area contributed by atoms with E-state index in [1.807, 2.05) is 0 Å². The van der Waals surface area contributed by atoms with Gasteiger partial charge in [0.1, 0.15) is 4.90 Å². The molecule has 1 aromatic rings. The molecule has 0 saturated carbocycles. The maximum Gasteiger partial charge on any atom is 0.338 e. The molecule has 0 amide bonds. The molecule has 2 N–H and O–H groups in total. The number of hydrogen-bond acceptors (Lipinski definition) is 5. The molecule has 106 valence electrons. The highest BCUT2D eigenvalue weighted by Crippen LogP contribution is 2.21. The van der Waals surface area contributed by atoms with Crippen LogP contribution in [0.5, 0.6) is 0 Å². The number of sulfonamides is 1. The average Bonchev–Trinajstić information content (AvgIpc) is 2.33. The Kier molecular flexibility index (Phi) is 5.74. The Morgan fingerprint density at radius 3 is 2.63 bits per heavy atom. The van der Waals surface area contributed by atoms with Gasteiger partial charge in [0, 0.05) is 20.1 Å². The van der Waals surface area contributed by atoms with Gasteiger partial charge in [0.05, 0.1) is 17.2 Å². The van der Waals surface area contributed by atoms with Gasteiger partial charge in [-0.15, -0.1) is 0 Å². The Morgan fingerprint density at radius 1 is 1.37 bits per heavy atom. The minimum atomic E-state index is -3.98. The highest BCUT2D eigenvalue weighted by molar-refractivity contribution is 7.89. The number of esters is 1. The van der Waals surface area contributed by atoms with Crippen LogP contribution < -0.4 is 5.14 Å². The summed E-state index contributed by atoms with van der Waals surface area (Å²) in [5.41, 5.74) is 0.0749. The number of hydrogen-bond donors (Lipinski definition) is 1. The predicted octanol–water partition coefficient (Wildman–Crippen LogP) is 1.18. The first-order valence-electron chi connectivity index (χ1n) is 5.34. The van der Waals surface area contributed by atoms with Crippen molar-refractivity contribution in [1.29, 1.82) is 0 Å². The molecule has 1 rings (SSSR count). The van der Waals surface area contributed by atoms with Gasteiger partial charge in [-0.1, -0.05) is 11.6 Å². The molecule has 19 heavy (non-hydrogen) atoms. The number of benzene rings is 1. The molecule has 8 heteroatoms. The lowest BCUT2D eigenvalue weighted by Crippen LogP contribution is -2.14. The fourth-order valence-electron chi connectivity index (χ4n) is 1.30. The molecule has 0 bridgehead atoms. The Hall–Kier alpha value is -1.15. The van der Waals surface area contributed by atoms with Crippen molar-refractivity contribution in [2.24, 2.45) is 5.14 Å². The first-order valence-corrected chi connectivity index (χ1v) is 7.27. The van der Waals surface area contributed by atoms with Gasteiger partial charge in [0.2, 0.25) is 10.0 Å². The summed E-state index contributed by atoms with van der Waals surface area (Å²) in [5, 5.41) is 4.94. The van der Waals surface area contributed by atoms with E-state index >= 15 is 0 Å². The van der Waals surface area contributed by atoms with Crippen LogP contribution in [0.2, 0.25) is 5.02 Å². The summed E-state index contributed by atoms with van der Waals surface area (Å²) >= 11 is 5.70. The number of nitrogens with two attached hydrogens (primary N) is 1. The summed E-state index contributed by atoms with van der Waals surface area (Å²) < 4.78 is 32.2. The molecular formula is C11H14ClNO5S. The first kappa shape index (κ1) is 15.9. The van der Waals surface area contributed by atoms with Gasteiger partial charge in [-0.25, -0.2) is 18.4 Å². The zero-order valence-electron chi connectivity index (χ0n) is 10.3. The van der Waals surface area contributed by atoms with E-state index in [1.165, 1.54) is 12.1 Å². The first-order chi connectivity index (χ1) is 8.86. The topological polar surface area (TPSA) is 95.7 Å². The van der Waals surface area contributed by atoms with Crippen molar-refractivity contribution in [2.45, 2.75) is 11.3 Å². The molecular weight excluding hydrogens is 294 g/mol. The summed E-state index contributed by atoms with van der Waals surface area (Å²) in [4.78, 5) is 11.4. The van der Waals surface area contributed by atoms with Gasteiger partial charge in [-0.3, -0.25) is 0 Å². The smallest absolute Gasteiger partial charge is 0.338 e. The molecule has 0 spiro atoms. The van der Waals surface area contributed by atoms with Crippen LogP contribution >= 0.6 is 11.6 Å². The van der Waals surface area contributed by atoms with E-state index in [0.717, 1.165) is 6.07 Å². The third-order valence-corrected chi connectivity index (χ3v) is 3.59. The molecule has 0 atom stereocenters. The molecule has 0 aliphatic rings. The van der Waals surface area contributed by atoms with Gasteiger partial charge in [0.25, 0.3) is 0 Å². The molecule has 0 aromatic heterocycles. The van der Waals surface area contributed by atoms with Crippen molar-refractivity contribution in [1.82, 2.24) is 0 Å². The summed E-state index contributed by atoms with van der Waals surface area (Å²) in [7, 11) is -2.44. The lowest BCUT2D eigenvalue weighted by molar-refractivity contribution is 0.0468. The van der Waals surface area contributed by atoms with E-state index in [-0.39, 0.29) is 22.1 Å². The Balaban J connectivity index is 2.82. The van der Waals surface area contributed by atoms with Crippen LogP contribution in [0.4, 0.5) is 0 Å². The molecule has 0 aliphatic heterocycles. The summed E-state index contributed by atoms with van der Waals surface area (Å²) in [6.45, 7) is 0.649. The largest absolute Gasteiger partial charge is 0.462 e. The van der Waals surface area contributed by atoms with Crippen molar-refractivity contribution in [3.05, 3.63) is 28.8 Å². The number of ether oxygens (including phenoxy) is 2. The van der Waals surface area contributed by atoms with Gasteiger partial charge >= 0.3 is 5.97 Å². The fraction of sp³-hybridized carbons (Fsp3) is 0.364. The van der Waals surface area contributed by atoms with Gasteiger partial charge < -0.3 is 9.47 Å². The van der Waals surface area contributed by atoms with Gasteiger partial charge in [-0.05, 0) is 18.2 Å². The maximum atomic E-state index is 11.7. The van der Waals surface area contributed by atoms with Crippen molar-refractivity contribution < 1.29 is 22.7 Å². The average molecular weight is 308 g/mol. The van der Waals surface area contributed by atoms with Crippen LogP contribution in [-0.4, -0.2) is 34.7 Å². The molecule has 1 aromatic carbocycles. The van der Waals surface area contributed by atoms with E-state index in [2.05, 4.69) is 0 Å². The van der Waals surface area contributed by atoms with Crippen molar-refractivity contribution in [3.8, 4) is 0 Å². The van der Waals surface area contributed by atoms with Crippen LogP contribution in [0.3, 0.4) is 0 Å². The third kappa shape index (κ3) is 4.79. The second kappa shape index (κ2) is 6.85. The summed E-state index contributed by atoms with van der Waals surface area (Å²) in [5.74, 6) is -0.641. The van der Waals surface area contributed by atoms with Crippen LogP contribution in [0.25, 0.3) is 0 Å². The number of carbonyl (C=O) groups excluding carboxylic acids is 1. The zero-order valence-corrected chi connectivity index (χ0v) is 11.8. The van der Waals surface area contributed by atoms with Gasteiger partial charge in [0.15, 0.2) is 0 Å². The van der Waals surface area contributed by atoms with Crippen LogP contribution in [0.1, 0.15) is 16.8 Å². The van der Waals surface area contributed by atoms with Crippen molar-refractivity contribution in [2.75, 3.05) is 20.3 Å². The molecule has 0 aliphatic carbocycles. The monoisotopic (exact) mass is 307 g/mol. The van der Waals surface area contributed by atoms with Crippen LogP contribution in [-0.2, 0) is 19.5 Å². The van der Waals surface area contributed by atoms with E-state index in [9.17, 15) is 13.2 Å². The quantitative estimate of drug-likeness (QED) is 0.629. The molecule has 0 radical (unpaired) electrons. The second-order valence-corrected chi connectivity index (χ2v) is 5.61. The van der Waals surface area contributed by atoms with Crippen LogP contribution in [0.15, 0.2) is 23.1 Å². The van der Waals surface area contributed by atoms with E-state index in [1.54, 1.807) is 7.11 Å². The number of halogens is 1. The van der Waals surface area contributed by atoms with E-state index in [4.69, 9.17) is 26.2 Å². The minimum Gasteiger partial charge on any atom is -0.462 e. The Labute approximate surface area is 116 Å². The van der Waals surface area contributed by atoms with E-state index < -0.39 is 16.0 Å². The highest BCUT2D eigenvalue weighted by atomic mass is 35.5.